The first-order valence-corrected chi connectivity index (χ1v) is 9.90. The van der Waals surface area contributed by atoms with Crippen molar-refractivity contribution in [3.05, 3.63) is 0 Å². The highest BCUT2D eigenvalue weighted by molar-refractivity contribution is 5.77. The lowest BCUT2D eigenvalue weighted by Gasteiger charge is -2.03. The largest absolute Gasteiger partial charge is 0.481 e. The van der Waals surface area contributed by atoms with Crippen LogP contribution in [0.25, 0.3) is 0 Å². The highest BCUT2D eigenvalue weighted by Crippen LogP contribution is 2.13. The number of unbranched alkanes of at least 4 members (excludes halogenated alkanes) is 13. The first-order valence-electron chi connectivity index (χ1n) is 9.90. The minimum Gasteiger partial charge on any atom is -0.481 e. The number of aliphatic carboxylic acids is 1. The van der Waals surface area contributed by atoms with Gasteiger partial charge < -0.3 is 5.11 Å². The Kier molecular flexibility index (Phi) is 16.8. The standard InChI is InChI=1S/C20H38O3/c1-2-19(21)17-15-13-11-9-7-5-3-4-6-8-10-12-14-16-18-20(22)23/h2-18H2,1H3,(H,22,23). The summed E-state index contributed by atoms with van der Waals surface area (Å²) >= 11 is 0. The smallest absolute Gasteiger partial charge is 0.303 e. The molecule has 0 aromatic carbocycles. The topological polar surface area (TPSA) is 54.4 Å². The van der Waals surface area contributed by atoms with Crippen molar-refractivity contribution < 1.29 is 14.7 Å². The molecule has 0 aliphatic carbocycles. The predicted octanol–water partition coefficient (Wildman–Crippen LogP) is 6.29. The Labute approximate surface area is 143 Å². The van der Waals surface area contributed by atoms with Gasteiger partial charge >= 0.3 is 5.97 Å². The number of hydrogen-bond acceptors (Lipinski definition) is 2. The lowest BCUT2D eigenvalue weighted by molar-refractivity contribution is -0.137. The SMILES string of the molecule is CCC(=O)CCCCCCCCCCCCCCCCC(=O)O. The van der Waals surface area contributed by atoms with Gasteiger partial charge in [0, 0.05) is 19.3 Å². The zero-order valence-corrected chi connectivity index (χ0v) is 15.3. The molecule has 0 radical (unpaired) electrons. The van der Waals surface area contributed by atoms with Gasteiger partial charge in [-0.1, -0.05) is 84.0 Å². The molecule has 0 saturated heterocycles. The Balaban J connectivity index is 3.02. The van der Waals surface area contributed by atoms with Crippen LogP contribution in [0.4, 0.5) is 0 Å². The van der Waals surface area contributed by atoms with Crippen molar-refractivity contribution in [1.29, 1.82) is 0 Å². The van der Waals surface area contributed by atoms with Gasteiger partial charge in [0.25, 0.3) is 0 Å². The van der Waals surface area contributed by atoms with Crippen molar-refractivity contribution in [3.63, 3.8) is 0 Å². The summed E-state index contributed by atoms with van der Waals surface area (Å²) in [5.74, 6) is -0.258. The van der Waals surface area contributed by atoms with E-state index in [0.29, 0.717) is 18.6 Å². The number of Topliss-reactive ketones (excluding diaryl/α,β-unsaturated/α-hetero) is 1. The van der Waals surface area contributed by atoms with E-state index < -0.39 is 5.97 Å². The molecule has 0 heterocycles. The molecule has 0 aromatic rings. The van der Waals surface area contributed by atoms with Crippen molar-refractivity contribution in [1.82, 2.24) is 0 Å². The number of carbonyl (C=O) groups is 2. The van der Waals surface area contributed by atoms with Crippen LogP contribution in [0.5, 0.6) is 0 Å². The number of ketones is 1. The number of rotatable bonds is 18. The molecule has 0 rings (SSSR count). The molecular weight excluding hydrogens is 288 g/mol. The van der Waals surface area contributed by atoms with Crippen LogP contribution in [-0.2, 0) is 9.59 Å². The minimum absolute atomic E-state index is 0.328. The second-order valence-corrected chi connectivity index (χ2v) is 6.74. The summed E-state index contributed by atoms with van der Waals surface area (Å²) in [5, 5.41) is 8.54. The zero-order valence-electron chi connectivity index (χ0n) is 15.3. The van der Waals surface area contributed by atoms with Gasteiger partial charge in [-0.15, -0.1) is 0 Å². The molecule has 0 bridgehead atoms. The van der Waals surface area contributed by atoms with Crippen LogP contribution in [0.3, 0.4) is 0 Å². The quantitative estimate of drug-likeness (QED) is 0.301. The maximum absolute atomic E-state index is 11.1. The molecule has 0 atom stereocenters. The van der Waals surface area contributed by atoms with E-state index >= 15 is 0 Å². The third-order valence-electron chi connectivity index (χ3n) is 4.49. The van der Waals surface area contributed by atoms with Crippen LogP contribution in [0.1, 0.15) is 116 Å². The molecule has 1 N–H and O–H groups in total. The fourth-order valence-electron chi connectivity index (χ4n) is 2.90. The van der Waals surface area contributed by atoms with E-state index in [1.165, 1.54) is 70.6 Å². The van der Waals surface area contributed by atoms with Gasteiger partial charge in [-0.25, -0.2) is 0 Å². The second kappa shape index (κ2) is 17.5. The van der Waals surface area contributed by atoms with Gasteiger partial charge in [-0.05, 0) is 12.8 Å². The molecular formula is C20H38O3. The molecule has 0 aliphatic heterocycles. The van der Waals surface area contributed by atoms with Crippen LogP contribution in [0.15, 0.2) is 0 Å². The Morgan fingerprint density at radius 1 is 0.565 bits per heavy atom. The van der Waals surface area contributed by atoms with Gasteiger partial charge in [0.2, 0.25) is 0 Å². The molecule has 3 nitrogen and oxygen atoms in total. The van der Waals surface area contributed by atoms with E-state index in [4.69, 9.17) is 5.11 Å². The summed E-state index contributed by atoms with van der Waals surface area (Å²) in [7, 11) is 0. The highest BCUT2D eigenvalue weighted by atomic mass is 16.4. The minimum atomic E-state index is -0.667. The van der Waals surface area contributed by atoms with E-state index in [0.717, 1.165) is 25.7 Å². The van der Waals surface area contributed by atoms with Crippen LogP contribution >= 0.6 is 0 Å². The molecule has 0 aromatic heterocycles. The van der Waals surface area contributed by atoms with Gasteiger partial charge in [-0.2, -0.15) is 0 Å². The van der Waals surface area contributed by atoms with E-state index in [9.17, 15) is 9.59 Å². The number of carboxylic acids is 1. The van der Waals surface area contributed by atoms with Crippen LogP contribution in [0.2, 0.25) is 0 Å². The fourth-order valence-corrected chi connectivity index (χ4v) is 2.90. The molecule has 0 spiro atoms. The van der Waals surface area contributed by atoms with Crippen LogP contribution < -0.4 is 0 Å². The van der Waals surface area contributed by atoms with Gasteiger partial charge in [0.15, 0.2) is 0 Å². The monoisotopic (exact) mass is 326 g/mol. The first kappa shape index (κ1) is 22.1. The predicted molar refractivity (Wildman–Crippen MR) is 96.8 cm³/mol. The average Bonchev–Trinajstić information content (AvgIpc) is 2.53. The number of hydrogen-bond donors (Lipinski definition) is 1. The summed E-state index contributed by atoms with van der Waals surface area (Å²) in [4.78, 5) is 21.5. The Morgan fingerprint density at radius 3 is 1.17 bits per heavy atom. The second-order valence-electron chi connectivity index (χ2n) is 6.74. The molecule has 136 valence electrons. The summed E-state index contributed by atoms with van der Waals surface area (Å²) < 4.78 is 0. The molecule has 0 amide bonds. The van der Waals surface area contributed by atoms with Gasteiger partial charge in [-0.3, -0.25) is 9.59 Å². The van der Waals surface area contributed by atoms with Crippen molar-refractivity contribution in [3.8, 4) is 0 Å². The van der Waals surface area contributed by atoms with Crippen LogP contribution in [-0.4, -0.2) is 16.9 Å². The van der Waals surface area contributed by atoms with Crippen molar-refractivity contribution in [2.45, 2.75) is 116 Å². The average molecular weight is 327 g/mol. The summed E-state index contributed by atoms with van der Waals surface area (Å²) in [6.07, 6.45) is 19.1. The molecule has 0 fully saturated rings. The lowest BCUT2D eigenvalue weighted by atomic mass is 10.0. The lowest BCUT2D eigenvalue weighted by Crippen LogP contribution is -1.94. The summed E-state index contributed by atoms with van der Waals surface area (Å²) in [5.41, 5.74) is 0. The Morgan fingerprint density at radius 2 is 0.870 bits per heavy atom. The van der Waals surface area contributed by atoms with E-state index in [2.05, 4.69) is 0 Å². The number of carbonyl (C=O) groups excluding carboxylic acids is 1. The van der Waals surface area contributed by atoms with E-state index in [1.54, 1.807) is 0 Å². The normalized spacial score (nSPS) is 10.8. The molecule has 3 heteroatoms. The van der Waals surface area contributed by atoms with Crippen molar-refractivity contribution >= 4 is 11.8 Å². The highest BCUT2D eigenvalue weighted by Gasteiger charge is 1.98. The van der Waals surface area contributed by atoms with Crippen LogP contribution in [0, 0.1) is 0 Å². The Hall–Kier alpha value is -0.860. The summed E-state index contributed by atoms with van der Waals surface area (Å²) in [6, 6.07) is 0. The van der Waals surface area contributed by atoms with Crippen molar-refractivity contribution in [2.24, 2.45) is 0 Å². The summed E-state index contributed by atoms with van der Waals surface area (Å²) in [6.45, 7) is 1.95. The van der Waals surface area contributed by atoms with Gasteiger partial charge in [0.1, 0.15) is 5.78 Å². The van der Waals surface area contributed by atoms with E-state index in [1.807, 2.05) is 6.92 Å². The van der Waals surface area contributed by atoms with Crippen molar-refractivity contribution in [2.75, 3.05) is 0 Å². The zero-order chi connectivity index (χ0) is 17.2. The number of carboxylic acid groups (broad SMARTS) is 1. The maximum atomic E-state index is 11.1. The first-order chi connectivity index (χ1) is 11.2. The van der Waals surface area contributed by atoms with Gasteiger partial charge in [0.05, 0.1) is 0 Å². The fraction of sp³-hybridized carbons (Fsp3) is 0.900. The Bertz CT molecular complexity index is 287. The third-order valence-corrected chi connectivity index (χ3v) is 4.49. The molecule has 0 aliphatic rings. The van der Waals surface area contributed by atoms with E-state index in [-0.39, 0.29) is 0 Å². The maximum Gasteiger partial charge on any atom is 0.303 e. The molecule has 0 saturated carbocycles. The third kappa shape index (κ3) is 19.1. The molecule has 0 unspecified atom stereocenters. The molecule has 23 heavy (non-hydrogen) atoms.